The lowest BCUT2D eigenvalue weighted by molar-refractivity contribution is -0.144. The van der Waals surface area contributed by atoms with Gasteiger partial charge in [-0.15, -0.1) is 0 Å². The summed E-state index contributed by atoms with van der Waals surface area (Å²) >= 11 is 6.27. The quantitative estimate of drug-likeness (QED) is 0.0150. The van der Waals surface area contributed by atoms with Gasteiger partial charge < -0.3 is 90.4 Å². The van der Waals surface area contributed by atoms with Gasteiger partial charge in [-0.3, -0.25) is 63.0 Å². The number of hydrogen-bond acceptors (Lipinski definition) is 16. The number of nitrogens with two attached hydrogens (primary N) is 3. The van der Waals surface area contributed by atoms with Crippen molar-refractivity contribution >= 4 is 105 Å². The normalized spacial score (nSPS) is 16.8. The fourth-order valence-corrected chi connectivity index (χ4v) is 14.3. The van der Waals surface area contributed by atoms with Crippen LogP contribution >= 0.6 is 11.6 Å². The van der Waals surface area contributed by atoms with Gasteiger partial charge in [-0.05, 0) is 114 Å². The summed E-state index contributed by atoms with van der Waals surface area (Å²) in [7, 11) is 0. The summed E-state index contributed by atoms with van der Waals surface area (Å²) in [6.45, 7) is 5.12. The van der Waals surface area contributed by atoms with E-state index in [2.05, 4.69) is 63.4 Å². The molecule has 3 fully saturated rings. The number of hydrogen-bond donors (Lipinski definition) is 16. The number of morpholine rings is 1. The van der Waals surface area contributed by atoms with Crippen molar-refractivity contribution in [2.24, 2.45) is 17.2 Å². The topological polar surface area (TPSA) is 475 Å². The molecule has 0 aromatic heterocycles. The number of urea groups is 1. The van der Waals surface area contributed by atoms with Gasteiger partial charge in [-0.25, -0.2) is 4.79 Å². The third kappa shape index (κ3) is 25.8. The predicted octanol–water partition coefficient (Wildman–Crippen LogP) is 1.80. The number of aliphatic hydroxyl groups is 1. The lowest BCUT2D eigenvalue weighted by Crippen LogP contribution is -2.66. The molecule has 32 heteroatoms. The number of amides is 13. The van der Waals surface area contributed by atoms with Crippen LogP contribution in [0, 0.1) is 5.41 Å². The smallest absolute Gasteiger partial charge is 0.312 e. The molecule has 1 saturated carbocycles. The molecule has 31 nitrogen and oxygen atoms in total. The fraction of sp³-hybridized carbons (Fsp3) is 0.420. The zero-order valence-corrected chi connectivity index (χ0v) is 64.1. The maximum atomic E-state index is 15.6. The molecule has 13 amide bonds. The Kier molecular flexibility index (Phi) is 31.5. The fourth-order valence-electron chi connectivity index (χ4n) is 14.1. The number of halogens is 1. The molecule has 2 heterocycles. The van der Waals surface area contributed by atoms with Crippen molar-refractivity contribution in [3.05, 3.63) is 184 Å². The number of nitrogens with zero attached hydrogens (tertiary/aromatic N) is 2. The molecule has 3 aliphatic rings. The number of nitrogens with one attached hydrogen (secondary N) is 12. The second-order valence-electron chi connectivity index (χ2n) is 28.9. The Hall–Kier alpha value is -11.5. The molecule has 0 spiro atoms. The minimum absolute atomic E-state index is 0.00539. The van der Waals surface area contributed by atoms with Crippen molar-refractivity contribution < 1.29 is 67.4 Å². The lowest BCUT2D eigenvalue weighted by atomic mass is 9.80. The number of likely N-dealkylation sites (tertiary alicyclic amines) is 1. The Balaban J connectivity index is 0.998. The van der Waals surface area contributed by atoms with Crippen LogP contribution in [0.25, 0.3) is 10.8 Å². The first kappa shape index (κ1) is 85.5. The number of carbonyl (C=O) groups is 12. The van der Waals surface area contributed by atoms with Crippen molar-refractivity contribution in [1.82, 2.24) is 63.0 Å². The number of rotatable bonds is 37. The first-order valence-corrected chi connectivity index (χ1v) is 38.4. The van der Waals surface area contributed by atoms with E-state index in [1.54, 1.807) is 84.9 Å². The van der Waals surface area contributed by atoms with Gasteiger partial charge in [0, 0.05) is 82.5 Å². The summed E-state index contributed by atoms with van der Waals surface area (Å²) in [6, 6.07) is 28.2. The molecule has 2 saturated heterocycles. The predicted molar refractivity (Wildman–Crippen MR) is 423 cm³/mol. The summed E-state index contributed by atoms with van der Waals surface area (Å²) in [5, 5.41) is 51.1. The average molecular weight is 1570 g/mol. The molecule has 6 aromatic rings. The molecule has 19 N–H and O–H groups in total. The molecule has 602 valence electrons. The average Bonchev–Trinajstić information content (AvgIpc) is 1.32. The number of anilines is 1. The van der Waals surface area contributed by atoms with Gasteiger partial charge in [-0.2, -0.15) is 0 Å². The van der Waals surface area contributed by atoms with E-state index in [0.29, 0.717) is 97.1 Å². The molecule has 9 atom stereocenters. The van der Waals surface area contributed by atoms with E-state index in [-0.39, 0.29) is 89.2 Å². The van der Waals surface area contributed by atoms with Crippen molar-refractivity contribution in [3.63, 3.8) is 0 Å². The molecule has 1 aliphatic carbocycles. The number of guanidine groups is 1. The van der Waals surface area contributed by atoms with E-state index in [1.165, 1.54) is 18.7 Å². The summed E-state index contributed by atoms with van der Waals surface area (Å²) in [5.41, 5.74) is 19.1. The molecular formula is C81H102ClN17O14. The zero-order valence-electron chi connectivity index (χ0n) is 63.4. The minimum atomic E-state index is -1.84. The molecule has 0 bridgehead atoms. The van der Waals surface area contributed by atoms with Gasteiger partial charge in [0.25, 0.3) is 0 Å². The molecule has 6 aromatic carbocycles. The van der Waals surface area contributed by atoms with E-state index in [1.807, 2.05) is 60.7 Å². The molecule has 2 aliphatic heterocycles. The van der Waals surface area contributed by atoms with Crippen LogP contribution in [0.15, 0.2) is 146 Å². The second-order valence-corrected chi connectivity index (χ2v) is 29.3. The maximum absolute atomic E-state index is 15.6. The third-order valence-electron chi connectivity index (χ3n) is 20.3. The molecule has 113 heavy (non-hydrogen) atoms. The first-order chi connectivity index (χ1) is 54.2. The minimum Gasteiger partial charge on any atom is -0.394 e. The Labute approximate surface area is 660 Å². The van der Waals surface area contributed by atoms with Gasteiger partial charge in [0.1, 0.15) is 59.9 Å². The monoisotopic (exact) mass is 1570 g/mol. The molecule has 0 radical (unpaired) electrons. The Morgan fingerprint density at radius 2 is 1.03 bits per heavy atom. The SMILES string of the molecule is CC(=O)Nc1ccc(C[C@H](NC(=O)[C@H](CO)NC(=O)[C@@H](Cc2ccccc2)NC(=O)[C@@H](Cc2ccc(Cl)cc2)NC(=O)[C@@H](Cc2ccc3ccccc3c2)NC(N)=O)C(=O)N[C@H](Cc2ccc(CN3CCOCC3)cc2)C(=O)NC2(C(=O)N[C@@H](CCCNC(=N)N)C(=O)N3CCC[C@H]3C(=O)N[C@H](C)C(N)=O)CCCCC2)cc1. The number of aliphatic hydroxyl groups excluding tert-OH is 1. The number of benzene rings is 6. The highest BCUT2D eigenvalue weighted by Crippen LogP contribution is 2.31. The van der Waals surface area contributed by atoms with Crippen LogP contribution in [0.1, 0.15) is 105 Å². The summed E-state index contributed by atoms with van der Waals surface area (Å²) < 4.78 is 5.56. The largest absolute Gasteiger partial charge is 0.394 e. The first-order valence-electron chi connectivity index (χ1n) is 38.0. The number of ether oxygens (including phenoxy) is 1. The molecule has 9 rings (SSSR count). The Morgan fingerprint density at radius 1 is 0.540 bits per heavy atom. The lowest BCUT2D eigenvalue weighted by Gasteiger charge is -2.39. The van der Waals surface area contributed by atoms with E-state index >= 15 is 14.4 Å². The summed E-state index contributed by atoms with van der Waals surface area (Å²) in [4.78, 5) is 174. The van der Waals surface area contributed by atoms with E-state index < -0.39 is 132 Å². The highest BCUT2D eigenvalue weighted by atomic mass is 35.5. The summed E-state index contributed by atoms with van der Waals surface area (Å²) in [6.07, 6.45) is 1.77. The van der Waals surface area contributed by atoms with Crippen LogP contribution in [-0.2, 0) is 96.1 Å². The van der Waals surface area contributed by atoms with E-state index in [0.717, 1.165) is 16.3 Å². The van der Waals surface area contributed by atoms with Gasteiger partial charge in [0.15, 0.2) is 5.96 Å². The Bertz CT molecular complexity index is 4340. The second kappa shape index (κ2) is 41.7. The standard InChI is InChI=1S/C81H102ClN17O14/c1-49(69(83)102)88-76(109)68-18-12-36-99(68)77(110)61(17-11-35-87-79(84)85)95-78(111)81(33-9-4-10-34-81)97-75(108)66(45-52-19-21-55(22-20-52)47-98-37-39-113-40-38-98)93-71(104)64(44-54-26-31-60(32-27-54)89-50(2)101)92-74(107)67(48-100)94-72(105)62(42-51-13-5-3-6-14-51)90-70(103)63(43-53-24-29-59(82)30-25-53)91-73(106)65(96-80(86)112)46-56-23-28-57-15-7-8-16-58(57)41-56/h3,5-8,13-16,19-32,41,49,61-68,100H,4,9-12,17-18,33-40,42-48H2,1-2H3,(H2,83,102)(H,88,109)(H,89,101)(H,90,103)(H,91,106)(H,92,107)(H,93,104)(H,94,105)(H,95,111)(H,97,108)(H4,84,85,87)(H3,86,96,112)/t49-,61+,62-,63-,64+,65-,66-,67+,68+/m1/s1. The van der Waals surface area contributed by atoms with Crippen LogP contribution in [0.4, 0.5) is 10.5 Å². The maximum Gasteiger partial charge on any atom is 0.312 e. The number of carbonyl (C=O) groups excluding carboxylic acids is 12. The highest BCUT2D eigenvalue weighted by molar-refractivity contribution is 6.30. The van der Waals surface area contributed by atoms with Crippen molar-refractivity contribution in [1.29, 1.82) is 5.41 Å². The van der Waals surface area contributed by atoms with Crippen LogP contribution in [0.3, 0.4) is 0 Å². The van der Waals surface area contributed by atoms with E-state index in [9.17, 15) is 48.3 Å². The van der Waals surface area contributed by atoms with Gasteiger partial charge in [-0.1, -0.05) is 152 Å². The molecular weight excluding hydrogens is 1470 g/mol. The number of fused-ring (bicyclic) bond motifs is 1. The van der Waals surface area contributed by atoms with Gasteiger partial charge in [0.05, 0.1) is 19.8 Å². The van der Waals surface area contributed by atoms with Gasteiger partial charge >= 0.3 is 6.03 Å². The Morgan fingerprint density at radius 3 is 1.58 bits per heavy atom. The van der Waals surface area contributed by atoms with Crippen LogP contribution in [-0.4, -0.2) is 198 Å². The van der Waals surface area contributed by atoms with Crippen molar-refractivity contribution in [2.75, 3.05) is 51.3 Å². The van der Waals surface area contributed by atoms with Crippen molar-refractivity contribution in [3.8, 4) is 0 Å². The summed E-state index contributed by atoms with van der Waals surface area (Å²) in [5.74, 6) is -8.93. The van der Waals surface area contributed by atoms with Crippen molar-refractivity contribution in [2.45, 2.75) is 170 Å². The van der Waals surface area contributed by atoms with Gasteiger partial charge in [0.2, 0.25) is 65.0 Å². The van der Waals surface area contributed by atoms with Crippen LogP contribution in [0.2, 0.25) is 5.02 Å². The molecule has 0 unspecified atom stereocenters. The van der Waals surface area contributed by atoms with Crippen LogP contribution < -0.4 is 75.7 Å². The van der Waals surface area contributed by atoms with Crippen LogP contribution in [0.5, 0.6) is 0 Å². The highest BCUT2D eigenvalue weighted by Gasteiger charge is 2.46. The third-order valence-corrected chi connectivity index (χ3v) is 20.5. The zero-order chi connectivity index (χ0) is 81.1. The number of primary amides is 2. The van der Waals surface area contributed by atoms with E-state index in [4.69, 9.17) is 38.9 Å².